The van der Waals surface area contributed by atoms with E-state index < -0.39 is 0 Å². The van der Waals surface area contributed by atoms with Crippen molar-refractivity contribution in [2.45, 2.75) is 25.7 Å². The van der Waals surface area contributed by atoms with Crippen molar-refractivity contribution in [2.24, 2.45) is 11.3 Å². The fourth-order valence-electron chi connectivity index (χ4n) is 2.89. The number of rotatable bonds is 2. The molecule has 0 radical (unpaired) electrons. The summed E-state index contributed by atoms with van der Waals surface area (Å²) in [5, 5.41) is 2.98. The highest BCUT2D eigenvalue weighted by atomic mass is 16.1. The van der Waals surface area contributed by atoms with Gasteiger partial charge in [0.15, 0.2) is 0 Å². The maximum atomic E-state index is 11.2. The summed E-state index contributed by atoms with van der Waals surface area (Å²) in [5.41, 5.74) is 0.311. The van der Waals surface area contributed by atoms with Crippen LogP contribution in [-0.2, 0) is 4.79 Å². The third-order valence-electron chi connectivity index (χ3n) is 3.93. The van der Waals surface area contributed by atoms with Gasteiger partial charge in [-0.25, -0.2) is 0 Å². The number of carbonyl (C=O) groups is 1. The van der Waals surface area contributed by atoms with Gasteiger partial charge >= 0.3 is 0 Å². The minimum atomic E-state index is 0.262. The monoisotopic (exact) mass is 194 g/mol. The van der Waals surface area contributed by atoms with Gasteiger partial charge in [0.1, 0.15) is 0 Å². The molecule has 2 saturated heterocycles. The molecule has 2 aliphatic heterocycles. The second-order valence-electron chi connectivity index (χ2n) is 5.38. The molecular formula is C11H18N2O. The fraction of sp³-hybridized carbons (Fsp3) is 0.909. The molecule has 3 nitrogen and oxygen atoms in total. The molecule has 78 valence electrons. The molecule has 1 aliphatic carbocycles. The first-order chi connectivity index (χ1) is 6.76. The van der Waals surface area contributed by atoms with E-state index in [4.69, 9.17) is 0 Å². The standard InChI is InChI=1S/C11H18N2O/c14-10-5-11(7-12-10)3-4-13(8-11)6-9-1-2-9/h9H,1-8H2,(H,12,14). The molecule has 0 bridgehead atoms. The summed E-state index contributed by atoms with van der Waals surface area (Å²) >= 11 is 0. The number of amides is 1. The van der Waals surface area contributed by atoms with Gasteiger partial charge in [0.05, 0.1) is 0 Å². The lowest BCUT2D eigenvalue weighted by Crippen LogP contribution is -2.30. The highest BCUT2D eigenvalue weighted by Gasteiger charge is 2.44. The Morgan fingerprint density at radius 3 is 3.00 bits per heavy atom. The lowest BCUT2D eigenvalue weighted by atomic mass is 9.86. The van der Waals surface area contributed by atoms with Crippen molar-refractivity contribution in [3.05, 3.63) is 0 Å². The third-order valence-corrected chi connectivity index (χ3v) is 3.93. The van der Waals surface area contributed by atoms with Crippen LogP contribution < -0.4 is 5.32 Å². The van der Waals surface area contributed by atoms with Crippen LogP contribution in [0.25, 0.3) is 0 Å². The van der Waals surface area contributed by atoms with Crippen molar-refractivity contribution in [1.29, 1.82) is 0 Å². The van der Waals surface area contributed by atoms with E-state index in [2.05, 4.69) is 10.2 Å². The van der Waals surface area contributed by atoms with Crippen molar-refractivity contribution >= 4 is 5.91 Å². The largest absolute Gasteiger partial charge is 0.355 e. The molecule has 1 amide bonds. The Morgan fingerprint density at radius 1 is 1.50 bits per heavy atom. The topological polar surface area (TPSA) is 32.3 Å². The van der Waals surface area contributed by atoms with Gasteiger partial charge in [0.2, 0.25) is 5.91 Å². The van der Waals surface area contributed by atoms with Gasteiger partial charge in [-0.05, 0) is 31.7 Å². The lowest BCUT2D eigenvalue weighted by molar-refractivity contribution is -0.119. The highest BCUT2D eigenvalue weighted by Crippen LogP contribution is 2.39. The molecule has 3 fully saturated rings. The quantitative estimate of drug-likeness (QED) is 0.698. The summed E-state index contributed by atoms with van der Waals surface area (Å²) in [6.07, 6.45) is 4.86. The van der Waals surface area contributed by atoms with Gasteiger partial charge in [0, 0.05) is 31.5 Å². The van der Waals surface area contributed by atoms with Gasteiger partial charge in [0.25, 0.3) is 0 Å². The van der Waals surface area contributed by atoms with Crippen LogP contribution in [0.15, 0.2) is 0 Å². The Hall–Kier alpha value is -0.570. The Morgan fingerprint density at radius 2 is 2.36 bits per heavy atom. The molecule has 3 aliphatic rings. The van der Waals surface area contributed by atoms with Crippen molar-refractivity contribution in [3.8, 4) is 0 Å². The summed E-state index contributed by atoms with van der Waals surface area (Å²) < 4.78 is 0. The van der Waals surface area contributed by atoms with Crippen molar-refractivity contribution in [3.63, 3.8) is 0 Å². The van der Waals surface area contributed by atoms with Gasteiger partial charge in [-0.3, -0.25) is 4.79 Å². The Balaban J connectivity index is 1.59. The molecular weight excluding hydrogens is 176 g/mol. The van der Waals surface area contributed by atoms with E-state index in [1.54, 1.807) is 0 Å². The van der Waals surface area contributed by atoms with E-state index in [-0.39, 0.29) is 5.91 Å². The van der Waals surface area contributed by atoms with Crippen LogP contribution in [0, 0.1) is 11.3 Å². The zero-order valence-corrected chi connectivity index (χ0v) is 8.59. The summed E-state index contributed by atoms with van der Waals surface area (Å²) in [5.74, 6) is 1.24. The van der Waals surface area contributed by atoms with Crippen LogP contribution in [0.2, 0.25) is 0 Å². The van der Waals surface area contributed by atoms with E-state index in [1.807, 2.05) is 0 Å². The summed E-state index contributed by atoms with van der Waals surface area (Å²) in [7, 11) is 0. The van der Waals surface area contributed by atoms with Crippen LogP contribution in [-0.4, -0.2) is 37.0 Å². The molecule has 3 rings (SSSR count). The summed E-state index contributed by atoms with van der Waals surface area (Å²) in [4.78, 5) is 13.8. The Labute approximate surface area is 84.8 Å². The number of hydrogen-bond acceptors (Lipinski definition) is 2. The molecule has 0 aromatic rings. The molecule has 14 heavy (non-hydrogen) atoms. The van der Waals surface area contributed by atoms with E-state index >= 15 is 0 Å². The first-order valence-corrected chi connectivity index (χ1v) is 5.75. The first-order valence-electron chi connectivity index (χ1n) is 5.75. The van der Waals surface area contributed by atoms with Crippen LogP contribution >= 0.6 is 0 Å². The van der Waals surface area contributed by atoms with Gasteiger partial charge in [-0.15, -0.1) is 0 Å². The molecule has 1 unspecified atom stereocenters. The SMILES string of the molecule is O=C1CC2(CCN(CC3CC3)C2)CN1. The molecule has 1 spiro atoms. The second-order valence-corrected chi connectivity index (χ2v) is 5.38. The van der Waals surface area contributed by atoms with E-state index in [0.29, 0.717) is 5.41 Å². The zero-order chi connectivity index (χ0) is 9.60. The van der Waals surface area contributed by atoms with Crippen molar-refractivity contribution < 1.29 is 4.79 Å². The van der Waals surface area contributed by atoms with Crippen LogP contribution in [0.3, 0.4) is 0 Å². The number of carbonyl (C=O) groups excluding carboxylic acids is 1. The first kappa shape index (κ1) is 8.72. The number of nitrogens with zero attached hydrogens (tertiary/aromatic N) is 1. The molecule has 3 heteroatoms. The highest BCUT2D eigenvalue weighted by molar-refractivity contribution is 5.79. The number of likely N-dealkylation sites (tertiary alicyclic amines) is 1. The molecule has 1 atom stereocenters. The van der Waals surface area contributed by atoms with Gasteiger partial charge in [-0.1, -0.05) is 0 Å². The van der Waals surface area contributed by atoms with E-state index in [1.165, 1.54) is 32.4 Å². The zero-order valence-electron chi connectivity index (χ0n) is 8.59. The molecule has 2 heterocycles. The van der Waals surface area contributed by atoms with Crippen LogP contribution in [0.5, 0.6) is 0 Å². The average molecular weight is 194 g/mol. The maximum absolute atomic E-state index is 11.2. The minimum absolute atomic E-state index is 0.262. The third kappa shape index (κ3) is 1.54. The van der Waals surface area contributed by atoms with E-state index in [9.17, 15) is 4.79 Å². The summed E-state index contributed by atoms with van der Waals surface area (Å²) in [6.45, 7) is 4.58. The minimum Gasteiger partial charge on any atom is -0.355 e. The fourth-order valence-corrected chi connectivity index (χ4v) is 2.89. The van der Waals surface area contributed by atoms with E-state index in [0.717, 1.165) is 25.4 Å². The van der Waals surface area contributed by atoms with Crippen LogP contribution in [0.4, 0.5) is 0 Å². The second kappa shape index (κ2) is 2.96. The van der Waals surface area contributed by atoms with Crippen LogP contribution in [0.1, 0.15) is 25.7 Å². The smallest absolute Gasteiger partial charge is 0.220 e. The van der Waals surface area contributed by atoms with Gasteiger partial charge in [-0.2, -0.15) is 0 Å². The van der Waals surface area contributed by atoms with Crippen molar-refractivity contribution in [2.75, 3.05) is 26.2 Å². The Bertz CT molecular complexity index is 262. The summed E-state index contributed by atoms with van der Waals surface area (Å²) in [6, 6.07) is 0. The Kier molecular flexibility index (Phi) is 1.84. The normalized spacial score (nSPS) is 38.1. The predicted molar refractivity (Wildman–Crippen MR) is 53.8 cm³/mol. The molecule has 0 aromatic heterocycles. The lowest BCUT2D eigenvalue weighted by Gasteiger charge is -2.21. The average Bonchev–Trinajstić information content (AvgIpc) is 2.76. The number of hydrogen-bond donors (Lipinski definition) is 1. The molecule has 0 aromatic carbocycles. The van der Waals surface area contributed by atoms with Gasteiger partial charge < -0.3 is 10.2 Å². The van der Waals surface area contributed by atoms with Crippen molar-refractivity contribution in [1.82, 2.24) is 10.2 Å². The number of nitrogens with one attached hydrogen (secondary N) is 1. The maximum Gasteiger partial charge on any atom is 0.220 e. The molecule has 1 N–H and O–H groups in total. The predicted octanol–water partition coefficient (Wildman–Crippen LogP) is 0.608. The molecule has 1 saturated carbocycles.